The van der Waals surface area contributed by atoms with E-state index in [9.17, 15) is 0 Å². The normalized spacial score (nSPS) is 19.8. The molecular weight excluding hydrogens is 160 g/mol. The first-order chi connectivity index (χ1) is 6.24. The van der Waals surface area contributed by atoms with Crippen molar-refractivity contribution < 1.29 is 0 Å². The Labute approximate surface area is 79.4 Å². The number of hydrogen-bond acceptors (Lipinski definition) is 2. The fourth-order valence-electron chi connectivity index (χ4n) is 1.93. The van der Waals surface area contributed by atoms with Crippen LogP contribution in [0.4, 0.5) is 5.69 Å². The van der Waals surface area contributed by atoms with E-state index in [0.29, 0.717) is 6.04 Å². The zero-order valence-corrected chi connectivity index (χ0v) is 8.44. The summed E-state index contributed by atoms with van der Waals surface area (Å²) in [6.07, 6.45) is 0. The molecule has 0 amide bonds. The second-order valence-electron chi connectivity index (χ2n) is 3.69. The van der Waals surface area contributed by atoms with Crippen molar-refractivity contribution in [1.82, 2.24) is 5.32 Å². The lowest BCUT2D eigenvalue weighted by atomic mass is 10.0. The van der Waals surface area contributed by atoms with Gasteiger partial charge in [0.2, 0.25) is 0 Å². The zero-order valence-electron chi connectivity index (χ0n) is 8.44. The topological polar surface area (TPSA) is 24.1 Å². The summed E-state index contributed by atoms with van der Waals surface area (Å²) in [5.74, 6) is 0. The van der Waals surface area contributed by atoms with E-state index in [1.165, 1.54) is 22.4 Å². The molecule has 0 spiro atoms. The molecular formula is C11H16N2. The molecule has 0 aliphatic carbocycles. The third-order valence-electron chi connectivity index (χ3n) is 2.97. The Morgan fingerprint density at radius 1 is 1.38 bits per heavy atom. The standard InChI is InChI=1S/C11H16N2/c1-7-4-5-9-10(12-3)6-13-11(9)8(7)2/h4-5,10,12-13H,6H2,1-3H3. The summed E-state index contributed by atoms with van der Waals surface area (Å²) in [5, 5.41) is 6.75. The number of hydrogen-bond donors (Lipinski definition) is 2. The van der Waals surface area contributed by atoms with Gasteiger partial charge in [-0.2, -0.15) is 0 Å². The van der Waals surface area contributed by atoms with Crippen LogP contribution in [0.2, 0.25) is 0 Å². The molecule has 1 aliphatic rings. The van der Waals surface area contributed by atoms with Crippen molar-refractivity contribution in [2.24, 2.45) is 0 Å². The monoisotopic (exact) mass is 176 g/mol. The molecule has 1 aromatic rings. The molecule has 0 bridgehead atoms. The molecule has 1 atom stereocenters. The van der Waals surface area contributed by atoms with Gasteiger partial charge in [-0.3, -0.25) is 0 Å². The first kappa shape index (κ1) is 8.57. The van der Waals surface area contributed by atoms with Gasteiger partial charge in [0, 0.05) is 12.2 Å². The van der Waals surface area contributed by atoms with E-state index in [0.717, 1.165) is 6.54 Å². The van der Waals surface area contributed by atoms with Crippen LogP contribution < -0.4 is 10.6 Å². The number of nitrogens with one attached hydrogen (secondary N) is 2. The van der Waals surface area contributed by atoms with Crippen molar-refractivity contribution in [3.63, 3.8) is 0 Å². The Bertz CT molecular complexity index is 331. The largest absolute Gasteiger partial charge is 0.383 e. The van der Waals surface area contributed by atoms with E-state index in [4.69, 9.17) is 0 Å². The van der Waals surface area contributed by atoms with Gasteiger partial charge in [-0.25, -0.2) is 0 Å². The highest BCUT2D eigenvalue weighted by molar-refractivity contribution is 5.64. The molecule has 0 saturated heterocycles. The van der Waals surface area contributed by atoms with Crippen molar-refractivity contribution in [2.75, 3.05) is 18.9 Å². The predicted molar refractivity (Wildman–Crippen MR) is 56.2 cm³/mol. The number of likely N-dealkylation sites (N-methyl/N-ethyl adjacent to an activating group) is 1. The number of benzene rings is 1. The Balaban J connectivity index is 2.50. The molecule has 2 rings (SSSR count). The summed E-state index contributed by atoms with van der Waals surface area (Å²) in [6.45, 7) is 5.35. The summed E-state index contributed by atoms with van der Waals surface area (Å²) >= 11 is 0. The molecule has 13 heavy (non-hydrogen) atoms. The third-order valence-corrected chi connectivity index (χ3v) is 2.97. The molecule has 0 saturated carbocycles. The summed E-state index contributed by atoms with van der Waals surface area (Å²) in [4.78, 5) is 0. The van der Waals surface area contributed by atoms with Gasteiger partial charge >= 0.3 is 0 Å². The summed E-state index contributed by atoms with van der Waals surface area (Å²) < 4.78 is 0. The lowest BCUT2D eigenvalue weighted by Crippen LogP contribution is -2.17. The maximum atomic E-state index is 3.45. The molecule has 0 radical (unpaired) electrons. The highest BCUT2D eigenvalue weighted by Gasteiger charge is 2.21. The Kier molecular flexibility index (Phi) is 2.00. The number of fused-ring (bicyclic) bond motifs is 1. The smallest absolute Gasteiger partial charge is 0.0513 e. The van der Waals surface area contributed by atoms with Crippen LogP contribution in [-0.2, 0) is 0 Å². The molecule has 2 heteroatoms. The lowest BCUT2D eigenvalue weighted by Gasteiger charge is -2.10. The molecule has 1 unspecified atom stereocenters. The highest BCUT2D eigenvalue weighted by atomic mass is 15.0. The van der Waals surface area contributed by atoms with Crippen molar-refractivity contribution in [3.05, 3.63) is 28.8 Å². The van der Waals surface area contributed by atoms with E-state index < -0.39 is 0 Å². The molecule has 0 fully saturated rings. The predicted octanol–water partition coefficient (Wildman–Crippen LogP) is 1.99. The van der Waals surface area contributed by atoms with Crippen molar-refractivity contribution in [2.45, 2.75) is 19.9 Å². The fourth-order valence-corrected chi connectivity index (χ4v) is 1.93. The van der Waals surface area contributed by atoms with E-state index in [-0.39, 0.29) is 0 Å². The SMILES string of the molecule is CNC1CNc2c1ccc(C)c2C. The Morgan fingerprint density at radius 2 is 2.15 bits per heavy atom. The fraction of sp³-hybridized carbons (Fsp3) is 0.455. The zero-order chi connectivity index (χ0) is 9.42. The van der Waals surface area contributed by atoms with Gasteiger partial charge in [-0.15, -0.1) is 0 Å². The van der Waals surface area contributed by atoms with E-state index in [1.807, 2.05) is 7.05 Å². The van der Waals surface area contributed by atoms with Crippen LogP contribution >= 0.6 is 0 Å². The van der Waals surface area contributed by atoms with Crippen LogP contribution in [0.1, 0.15) is 22.7 Å². The Morgan fingerprint density at radius 3 is 2.85 bits per heavy atom. The van der Waals surface area contributed by atoms with Crippen molar-refractivity contribution in [1.29, 1.82) is 0 Å². The summed E-state index contributed by atoms with van der Waals surface area (Å²) in [6, 6.07) is 4.90. The minimum absolute atomic E-state index is 0.481. The number of aryl methyl sites for hydroxylation is 1. The maximum absolute atomic E-state index is 3.45. The quantitative estimate of drug-likeness (QED) is 0.683. The van der Waals surface area contributed by atoms with Gasteiger partial charge in [-0.05, 0) is 37.6 Å². The van der Waals surface area contributed by atoms with Gasteiger partial charge in [0.25, 0.3) is 0 Å². The summed E-state index contributed by atoms with van der Waals surface area (Å²) in [7, 11) is 2.01. The van der Waals surface area contributed by atoms with Gasteiger partial charge in [-0.1, -0.05) is 12.1 Å². The second kappa shape index (κ2) is 3.04. The van der Waals surface area contributed by atoms with Gasteiger partial charge in [0.15, 0.2) is 0 Å². The van der Waals surface area contributed by atoms with Crippen LogP contribution in [0.3, 0.4) is 0 Å². The van der Waals surface area contributed by atoms with E-state index in [1.54, 1.807) is 0 Å². The van der Waals surface area contributed by atoms with Crippen LogP contribution in [0.25, 0.3) is 0 Å². The molecule has 1 heterocycles. The van der Waals surface area contributed by atoms with Crippen LogP contribution in [0.5, 0.6) is 0 Å². The molecule has 1 aliphatic heterocycles. The van der Waals surface area contributed by atoms with Crippen molar-refractivity contribution in [3.8, 4) is 0 Å². The van der Waals surface area contributed by atoms with Gasteiger partial charge in [0.05, 0.1) is 6.04 Å². The molecule has 0 aromatic heterocycles. The number of anilines is 1. The van der Waals surface area contributed by atoms with Crippen LogP contribution in [-0.4, -0.2) is 13.6 Å². The minimum Gasteiger partial charge on any atom is -0.383 e. The maximum Gasteiger partial charge on any atom is 0.0513 e. The van der Waals surface area contributed by atoms with E-state index >= 15 is 0 Å². The molecule has 1 aromatic carbocycles. The van der Waals surface area contributed by atoms with Gasteiger partial charge < -0.3 is 10.6 Å². The average molecular weight is 176 g/mol. The van der Waals surface area contributed by atoms with Gasteiger partial charge in [0.1, 0.15) is 0 Å². The molecule has 2 nitrogen and oxygen atoms in total. The highest BCUT2D eigenvalue weighted by Crippen LogP contribution is 2.33. The molecule has 70 valence electrons. The van der Waals surface area contributed by atoms with Crippen LogP contribution in [0.15, 0.2) is 12.1 Å². The average Bonchev–Trinajstić information content (AvgIpc) is 2.55. The van der Waals surface area contributed by atoms with E-state index in [2.05, 4.69) is 36.6 Å². The number of rotatable bonds is 1. The Hall–Kier alpha value is -1.02. The minimum atomic E-state index is 0.481. The van der Waals surface area contributed by atoms with Crippen LogP contribution in [0, 0.1) is 13.8 Å². The van der Waals surface area contributed by atoms with Crippen molar-refractivity contribution >= 4 is 5.69 Å². The third kappa shape index (κ3) is 1.22. The molecule has 2 N–H and O–H groups in total. The first-order valence-corrected chi connectivity index (χ1v) is 4.75. The first-order valence-electron chi connectivity index (χ1n) is 4.75. The second-order valence-corrected chi connectivity index (χ2v) is 3.69. The summed E-state index contributed by atoms with van der Waals surface area (Å²) in [5.41, 5.74) is 5.49. The lowest BCUT2D eigenvalue weighted by molar-refractivity contribution is 0.648.